The molecule has 0 aliphatic heterocycles. The van der Waals surface area contributed by atoms with Crippen molar-refractivity contribution in [3.63, 3.8) is 0 Å². The third kappa shape index (κ3) is 22.5. The topological polar surface area (TPSA) is 89.9 Å². The lowest BCUT2D eigenvalue weighted by Crippen LogP contribution is -2.03. The molecule has 0 atom stereocenters. The number of hydrogen-bond acceptors (Lipinski definition) is 5. The van der Waals surface area contributed by atoms with Crippen LogP contribution in [-0.4, -0.2) is 36.7 Å². The number of rotatable bonds is 5. The van der Waals surface area contributed by atoms with E-state index < -0.39 is 5.97 Å². The Labute approximate surface area is 173 Å². The van der Waals surface area contributed by atoms with Gasteiger partial charge in [-0.3, -0.25) is 0 Å². The van der Waals surface area contributed by atoms with Crippen LogP contribution in [0.3, 0.4) is 0 Å². The SMILES string of the molecule is C=C(C)C(=O)O.C=C(C)C(=O)OC.C=C(C)C(=O)OCC.C=Cc1ccccc1. The molecule has 1 aromatic carbocycles. The first-order valence-electron chi connectivity index (χ1n) is 8.57. The van der Waals surface area contributed by atoms with Crippen molar-refractivity contribution >= 4 is 24.0 Å². The molecule has 0 unspecified atom stereocenters. The Hall–Kier alpha value is -3.41. The van der Waals surface area contributed by atoms with Crippen LogP contribution in [0.1, 0.15) is 33.3 Å². The minimum atomic E-state index is -0.935. The third-order valence-electron chi connectivity index (χ3n) is 2.56. The first-order valence-corrected chi connectivity index (χ1v) is 8.57. The van der Waals surface area contributed by atoms with Crippen LogP contribution < -0.4 is 0 Å². The molecule has 0 bridgehead atoms. The number of hydrogen-bond donors (Lipinski definition) is 1. The van der Waals surface area contributed by atoms with Crippen LogP contribution in [0.5, 0.6) is 0 Å². The highest BCUT2D eigenvalue weighted by Gasteiger charge is 1.98. The van der Waals surface area contributed by atoms with Gasteiger partial charge in [0.25, 0.3) is 0 Å². The highest BCUT2D eigenvalue weighted by molar-refractivity contribution is 5.87. The Morgan fingerprint density at radius 3 is 1.48 bits per heavy atom. The molecule has 6 heteroatoms. The normalized spacial score (nSPS) is 8.03. The van der Waals surface area contributed by atoms with Crippen molar-refractivity contribution in [1.29, 1.82) is 0 Å². The van der Waals surface area contributed by atoms with Gasteiger partial charge in [-0.15, -0.1) is 0 Å². The number of benzene rings is 1. The largest absolute Gasteiger partial charge is 0.478 e. The molecule has 0 amide bonds. The fourth-order valence-corrected chi connectivity index (χ4v) is 1.02. The minimum Gasteiger partial charge on any atom is -0.478 e. The summed E-state index contributed by atoms with van der Waals surface area (Å²) in [6, 6.07) is 10.0. The summed E-state index contributed by atoms with van der Waals surface area (Å²) in [5.74, 6) is -1.59. The van der Waals surface area contributed by atoms with Gasteiger partial charge in [0, 0.05) is 16.7 Å². The van der Waals surface area contributed by atoms with Gasteiger partial charge in [-0.1, -0.05) is 62.7 Å². The van der Waals surface area contributed by atoms with Crippen molar-refractivity contribution in [2.24, 2.45) is 0 Å². The van der Waals surface area contributed by atoms with Crippen molar-refractivity contribution in [3.05, 3.63) is 78.9 Å². The summed E-state index contributed by atoms with van der Waals surface area (Å²) in [5, 5.41) is 7.89. The molecular formula is C23H32O6. The molecule has 0 aromatic heterocycles. The highest BCUT2D eigenvalue weighted by atomic mass is 16.5. The number of carbonyl (C=O) groups excluding carboxylic acids is 2. The van der Waals surface area contributed by atoms with Gasteiger partial charge in [0.15, 0.2) is 0 Å². The third-order valence-corrected chi connectivity index (χ3v) is 2.56. The number of carboxylic acids is 1. The van der Waals surface area contributed by atoms with Crippen molar-refractivity contribution in [2.45, 2.75) is 27.7 Å². The van der Waals surface area contributed by atoms with Gasteiger partial charge >= 0.3 is 17.9 Å². The van der Waals surface area contributed by atoms with Gasteiger partial charge in [0.1, 0.15) is 0 Å². The van der Waals surface area contributed by atoms with E-state index in [1.54, 1.807) is 20.8 Å². The summed E-state index contributed by atoms with van der Waals surface area (Å²) >= 11 is 0. The number of carbonyl (C=O) groups is 3. The molecule has 6 nitrogen and oxygen atoms in total. The van der Waals surface area contributed by atoms with E-state index in [2.05, 4.69) is 35.8 Å². The monoisotopic (exact) mass is 404 g/mol. The standard InChI is InChI=1S/C8H8.C6H10O2.C5H8O2.C4H6O2/c1-2-8-6-4-3-5-7-8;1-4-8-6(7)5(2)3;1-4(2)5(6)7-3;1-3(2)4(5)6/h2-7H,1H2;2,4H2,1,3H3;1H2,2-3H3;1H2,2H3,(H,5,6). The smallest absolute Gasteiger partial charge is 0.333 e. The number of methoxy groups -OCH3 is 1. The second-order valence-corrected chi connectivity index (χ2v) is 5.47. The highest BCUT2D eigenvalue weighted by Crippen LogP contribution is 1.97. The van der Waals surface area contributed by atoms with Crippen molar-refractivity contribution in [1.82, 2.24) is 0 Å². The lowest BCUT2D eigenvalue weighted by atomic mass is 10.2. The van der Waals surface area contributed by atoms with Gasteiger partial charge in [0.05, 0.1) is 13.7 Å². The first-order chi connectivity index (χ1) is 13.4. The molecule has 0 saturated carbocycles. The predicted octanol–water partition coefficient (Wildman–Crippen LogP) is 4.84. The van der Waals surface area contributed by atoms with Gasteiger partial charge < -0.3 is 14.6 Å². The Bertz CT molecular complexity index is 675. The second kappa shape index (κ2) is 19.4. The number of ether oxygens (including phenoxy) is 2. The number of aliphatic carboxylic acids is 1. The lowest BCUT2D eigenvalue weighted by molar-refractivity contribution is -0.138. The summed E-state index contributed by atoms with van der Waals surface area (Å²) in [5.41, 5.74) is 2.23. The molecule has 1 rings (SSSR count). The van der Waals surface area contributed by atoms with E-state index in [0.29, 0.717) is 17.8 Å². The average molecular weight is 405 g/mol. The maximum atomic E-state index is 10.4. The van der Waals surface area contributed by atoms with E-state index in [1.807, 2.05) is 36.4 Å². The zero-order valence-corrected chi connectivity index (χ0v) is 18.0. The van der Waals surface area contributed by atoms with Crippen molar-refractivity contribution < 1.29 is 29.0 Å². The summed E-state index contributed by atoms with van der Waals surface area (Å²) in [6.45, 7) is 20.4. The second-order valence-electron chi connectivity index (χ2n) is 5.47. The molecule has 29 heavy (non-hydrogen) atoms. The van der Waals surface area contributed by atoms with E-state index >= 15 is 0 Å². The first kappa shape index (κ1) is 30.3. The Balaban J connectivity index is -0.000000313. The quantitative estimate of drug-likeness (QED) is 0.558. The maximum Gasteiger partial charge on any atom is 0.333 e. The molecule has 0 heterocycles. The lowest BCUT2D eigenvalue weighted by Gasteiger charge is -1.96. The van der Waals surface area contributed by atoms with Crippen molar-refractivity contribution in [2.75, 3.05) is 13.7 Å². The fraction of sp³-hybridized carbons (Fsp3) is 0.261. The Morgan fingerprint density at radius 1 is 0.931 bits per heavy atom. The molecule has 1 N–H and O–H groups in total. The molecular weight excluding hydrogens is 372 g/mol. The predicted molar refractivity (Wildman–Crippen MR) is 117 cm³/mol. The summed E-state index contributed by atoms with van der Waals surface area (Å²) < 4.78 is 8.84. The molecule has 0 aliphatic carbocycles. The van der Waals surface area contributed by atoms with Crippen LogP contribution in [0.2, 0.25) is 0 Å². The van der Waals surface area contributed by atoms with Crippen LogP contribution in [0.4, 0.5) is 0 Å². The zero-order chi connectivity index (χ0) is 23.4. The molecule has 0 fully saturated rings. The van der Waals surface area contributed by atoms with E-state index in [9.17, 15) is 14.4 Å². The average Bonchev–Trinajstić information content (AvgIpc) is 2.69. The maximum absolute atomic E-state index is 10.4. The van der Waals surface area contributed by atoms with Gasteiger partial charge in [-0.2, -0.15) is 0 Å². The van der Waals surface area contributed by atoms with E-state index in [4.69, 9.17) is 5.11 Å². The summed E-state index contributed by atoms with van der Waals surface area (Å²) in [7, 11) is 1.33. The summed E-state index contributed by atoms with van der Waals surface area (Å²) in [4.78, 5) is 30.2. The number of carboxylic acid groups (broad SMARTS) is 1. The van der Waals surface area contributed by atoms with E-state index in [0.717, 1.165) is 0 Å². The fourth-order valence-electron chi connectivity index (χ4n) is 1.02. The Kier molecular flexibility index (Phi) is 20.2. The van der Waals surface area contributed by atoms with Gasteiger partial charge in [-0.25, -0.2) is 14.4 Å². The Morgan fingerprint density at radius 2 is 1.34 bits per heavy atom. The molecule has 1 aromatic rings. The van der Waals surface area contributed by atoms with Crippen LogP contribution in [0, 0.1) is 0 Å². The van der Waals surface area contributed by atoms with Crippen LogP contribution in [0.15, 0.2) is 73.4 Å². The van der Waals surface area contributed by atoms with Gasteiger partial charge in [-0.05, 0) is 33.3 Å². The summed E-state index contributed by atoms with van der Waals surface area (Å²) in [6.07, 6.45) is 1.83. The molecule has 0 spiro atoms. The van der Waals surface area contributed by atoms with E-state index in [-0.39, 0.29) is 17.5 Å². The molecule has 0 radical (unpaired) electrons. The minimum absolute atomic E-state index is 0.176. The van der Waals surface area contributed by atoms with Gasteiger partial charge in [0.2, 0.25) is 0 Å². The number of esters is 2. The van der Waals surface area contributed by atoms with Crippen LogP contribution >= 0.6 is 0 Å². The zero-order valence-electron chi connectivity index (χ0n) is 18.0. The van der Waals surface area contributed by atoms with Crippen molar-refractivity contribution in [3.8, 4) is 0 Å². The van der Waals surface area contributed by atoms with Crippen LogP contribution in [-0.2, 0) is 23.9 Å². The molecule has 160 valence electrons. The van der Waals surface area contributed by atoms with E-state index in [1.165, 1.54) is 19.6 Å². The van der Waals surface area contributed by atoms with Crippen LogP contribution in [0.25, 0.3) is 6.08 Å². The molecule has 0 aliphatic rings. The molecule has 0 saturated heterocycles.